The molecule has 0 aliphatic heterocycles. The molecule has 0 radical (unpaired) electrons. The molecule has 0 spiro atoms. The van der Waals surface area contributed by atoms with Crippen molar-refractivity contribution in [2.75, 3.05) is 6.61 Å². The van der Waals surface area contributed by atoms with Crippen molar-refractivity contribution in [3.8, 4) is 28.7 Å². The molecule has 0 bridgehead atoms. The summed E-state index contributed by atoms with van der Waals surface area (Å²) in [5.41, 5.74) is 1.52. The van der Waals surface area contributed by atoms with E-state index in [-0.39, 0.29) is 16.7 Å². The molecule has 0 atom stereocenters. The molecule has 0 aliphatic rings. The van der Waals surface area contributed by atoms with Crippen LogP contribution in [0.1, 0.15) is 18.1 Å². The van der Waals surface area contributed by atoms with E-state index in [1.807, 2.05) is 0 Å². The summed E-state index contributed by atoms with van der Waals surface area (Å²) in [6.07, 6.45) is 0. The number of fused-ring (bicyclic) bond motifs is 1. The molecule has 0 heterocycles. The van der Waals surface area contributed by atoms with Gasteiger partial charge in [-0.2, -0.15) is 0 Å². The maximum absolute atomic E-state index is 14.4. The van der Waals surface area contributed by atoms with Gasteiger partial charge in [-0.1, -0.05) is 36.1 Å². The van der Waals surface area contributed by atoms with Crippen molar-refractivity contribution in [2.24, 2.45) is 0 Å². The van der Waals surface area contributed by atoms with Gasteiger partial charge in [0.1, 0.15) is 17.4 Å². The Morgan fingerprint density at radius 3 is 2.03 bits per heavy atom. The molecule has 0 aliphatic carbocycles. The van der Waals surface area contributed by atoms with E-state index >= 15 is 0 Å². The molecular weight excluding hydrogens is 404 g/mol. The Kier molecular flexibility index (Phi) is 5.64. The summed E-state index contributed by atoms with van der Waals surface area (Å²) < 4.78 is 61.0. The number of halogens is 4. The van der Waals surface area contributed by atoms with Gasteiger partial charge in [0, 0.05) is 28.6 Å². The highest BCUT2D eigenvalue weighted by Crippen LogP contribution is 2.30. The average Bonchev–Trinajstić information content (AvgIpc) is 2.75. The van der Waals surface area contributed by atoms with Crippen LogP contribution in [-0.2, 0) is 0 Å². The highest BCUT2D eigenvalue weighted by molar-refractivity contribution is 5.84. The van der Waals surface area contributed by atoms with E-state index in [1.165, 1.54) is 12.1 Å². The lowest BCUT2D eigenvalue weighted by molar-refractivity contribution is 0.336. The molecule has 0 saturated heterocycles. The van der Waals surface area contributed by atoms with Crippen molar-refractivity contribution in [1.29, 1.82) is 0 Å². The first-order valence-electron chi connectivity index (χ1n) is 9.58. The first-order valence-corrected chi connectivity index (χ1v) is 9.58. The van der Waals surface area contributed by atoms with Gasteiger partial charge in [0.25, 0.3) is 0 Å². The molecule has 1 nitrogen and oxygen atoms in total. The second kappa shape index (κ2) is 8.53. The fourth-order valence-corrected chi connectivity index (χ4v) is 3.28. The molecule has 0 N–H and O–H groups in total. The third-order valence-electron chi connectivity index (χ3n) is 4.76. The molecule has 154 valence electrons. The zero-order valence-electron chi connectivity index (χ0n) is 16.5. The van der Waals surface area contributed by atoms with Gasteiger partial charge in [-0.3, -0.25) is 0 Å². The van der Waals surface area contributed by atoms with E-state index in [4.69, 9.17) is 4.74 Å². The Bertz CT molecular complexity index is 1310. The van der Waals surface area contributed by atoms with Crippen LogP contribution < -0.4 is 4.74 Å². The number of benzene rings is 4. The Morgan fingerprint density at radius 1 is 0.710 bits per heavy atom. The average molecular weight is 420 g/mol. The van der Waals surface area contributed by atoms with Crippen molar-refractivity contribution >= 4 is 10.8 Å². The number of ether oxygens (including phenoxy) is 1. The summed E-state index contributed by atoms with van der Waals surface area (Å²) in [5, 5.41) is 0.733. The maximum atomic E-state index is 14.4. The van der Waals surface area contributed by atoms with Crippen molar-refractivity contribution in [3.63, 3.8) is 0 Å². The zero-order chi connectivity index (χ0) is 22.0. The normalized spacial score (nSPS) is 10.6. The first kappa shape index (κ1) is 20.5. The molecule has 0 unspecified atom stereocenters. The molecular formula is C26H16F4O. The summed E-state index contributed by atoms with van der Waals surface area (Å²) in [5.74, 6) is 2.86. The van der Waals surface area contributed by atoms with E-state index in [9.17, 15) is 17.6 Å². The van der Waals surface area contributed by atoms with E-state index in [2.05, 4.69) is 11.8 Å². The maximum Gasteiger partial charge on any atom is 0.166 e. The quantitative estimate of drug-likeness (QED) is 0.260. The van der Waals surface area contributed by atoms with Crippen LogP contribution in [0, 0.1) is 35.1 Å². The van der Waals surface area contributed by atoms with Crippen LogP contribution in [0.3, 0.4) is 0 Å². The van der Waals surface area contributed by atoms with Crippen molar-refractivity contribution in [2.45, 2.75) is 6.92 Å². The minimum absolute atomic E-state index is 0.133. The van der Waals surface area contributed by atoms with Crippen LogP contribution in [0.4, 0.5) is 17.6 Å². The molecule has 4 aromatic carbocycles. The van der Waals surface area contributed by atoms with Crippen LogP contribution in [0.15, 0.2) is 66.7 Å². The van der Waals surface area contributed by atoms with Gasteiger partial charge >= 0.3 is 0 Å². The lowest BCUT2D eigenvalue weighted by Gasteiger charge is -2.09. The highest BCUT2D eigenvalue weighted by atomic mass is 19.2. The predicted molar refractivity (Wildman–Crippen MR) is 113 cm³/mol. The fourth-order valence-electron chi connectivity index (χ4n) is 3.28. The standard InChI is InChI=1S/C26H16F4O/c1-2-31-20-14-23(28)25(24(29)15-20)18-8-5-16(6-9-18)3-4-17-7-11-21-19(13-17)10-12-22(27)26(21)30/h5-15H,2H2,1H3. The molecule has 0 saturated carbocycles. The Labute approximate surface area is 176 Å². The van der Waals surface area contributed by atoms with Crippen LogP contribution in [-0.4, -0.2) is 6.61 Å². The zero-order valence-corrected chi connectivity index (χ0v) is 16.5. The van der Waals surface area contributed by atoms with E-state index in [0.717, 1.165) is 18.2 Å². The van der Waals surface area contributed by atoms with Gasteiger partial charge in [-0.05, 0) is 48.2 Å². The van der Waals surface area contributed by atoms with Crippen LogP contribution in [0.2, 0.25) is 0 Å². The third-order valence-corrected chi connectivity index (χ3v) is 4.76. The SMILES string of the molecule is CCOc1cc(F)c(-c2ccc(C#Cc3ccc4c(F)c(F)ccc4c3)cc2)c(F)c1. The molecule has 0 aromatic heterocycles. The minimum Gasteiger partial charge on any atom is -0.494 e. The van der Waals surface area contributed by atoms with E-state index in [1.54, 1.807) is 43.3 Å². The smallest absolute Gasteiger partial charge is 0.166 e. The van der Waals surface area contributed by atoms with Crippen LogP contribution in [0.5, 0.6) is 5.75 Å². The van der Waals surface area contributed by atoms with E-state index in [0.29, 0.717) is 28.7 Å². The number of hydrogen-bond donors (Lipinski definition) is 0. The minimum atomic E-state index is -0.896. The molecule has 0 fully saturated rings. The monoisotopic (exact) mass is 420 g/mol. The fraction of sp³-hybridized carbons (Fsp3) is 0.0769. The summed E-state index contributed by atoms with van der Waals surface area (Å²) in [6, 6.07) is 16.1. The Hall–Kier alpha value is -3.78. The second-order valence-corrected chi connectivity index (χ2v) is 6.82. The largest absolute Gasteiger partial charge is 0.494 e. The molecule has 31 heavy (non-hydrogen) atoms. The molecule has 0 amide bonds. The van der Waals surface area contributed by atoms with Gasteiger partial charge in [-0.15, -0.1) is 0 Å². The van der Waals surface area contributed by atoms with E-state index < -0.39 is 23.3 Å². The van der Waals surface area contributed by atoms with Crippen molar-refractivity contribution in [1.82, 2.24) is 0 Å². The Morgan fingerprint density at radius 2 is 1.35 bits per heavy atom. The number of rotatable bonds is 3. The van der Waals surface area contributed by atoms with Gasteiger partial charge in [0.15, 0.2) is 11.6 Å². The summed E-state index contributed by atoms with van der Waals surface area (Å²) in [4.78, 5) is 0. The highest BCUT2D eigenvalue weighted by Gasteiger charge is 2.14. The van der Waals surface area contributed by atoms with Crippen molar-refractivity contribution in [3.05, 3.63) is 101 Å². The van der Waals surface area contributed by atoms with Gasteiger partial charge in [0.05, 0.1) is 12.2 Å². The van der Waals surface area contributed by atoms with Gasteiger partial charge in [0.2, 0.25) is 0 Å². The third kappa shape index (κ3) is 4.24. The topological polar surface area (TPSA) is 9.23 Å². The summed E-state index contributed by atoms with van der Waals surface area (Å²) in [7, 11) is 0. The summed E-state index contributed by atoms with van der Waals surface area (Å²) >= 11 is 0. The number of hydrogen-bond acceptors (Lipinski definition) is 1. The summed E-state index contributed by atoms with van der Waals surface area (Å²) in [6.45, 7) is 2.05. The van der Waals surface area contributed by atoms with Crippen molar-refractivity contribution < 1.29 is 22.3 Å². The second-order valence-electron chi connectivity index (χ2n) is 6.82. The lowest BCUT2D eigenvalue weighted by Crippen LogP contribution is -1.96. The molecule has 4 aromatic rings. The predicted octanol–water partition coefficient (Wildman–Crippen LogP) is 6.86. The Balaban J connectivity index is 1.60. The van der Waals surface area contributed by atoms with Crippen LogP contribution in [0.25, 0.3) is 21.9 Å². The van der Waals surface area contributed by atoms with Gasteiger partial charge < -0.3 is 4.74 Å². The van der Waals surface area contributed by atoms with Gasteiger partial charge in [-0.25, -0.2) is 17.6 Å². The van der Waals surface area contributed by atoms with Crippen LogP contribution >= 0.6 is 0 Å². The molecule has 5 heteroatoms. The molecule has 4 rings (SSSR count). The lowest BCUT2D eigenvalue weighted by atomic mass is 10.0. The first-order chi connectivity index (χ1) is 15.0.